The molecule has 0 aliphatic heterocycles. The summed E-state index contributed by atoms with van der Waals surface area (Å²) in [6, 6.07) is 15.4. The van der Waals surface area contributed by atoms with Gasteiger partial charge < -0.3 is 9.47 Å². The van der Waals surface area contributed by atoms with Crippen LogP contribution >= 0.6 is 12.2 Å². The Morgan fingerprint density at radius 2 is 1.79 bits per heavy atom. The maximum absolute atomic E-state index is 5.74. The Balaban J connectivity index is 1.72. The first-order valence-electron chi connectivity index (χ1n) is 9.30. The zero-order chi connectivity index (χ0) is 19.8. The van der Waals surface area contributed by atoms with E-state index < -0.39 is 0 Å². The molecule has 1 aromatic heterocycles. The van der Waals surface area contributed by atoms with Crippen molar-refractivity contribution in [1.82, 2.24) is 14.9 Å². The molecule has 3 aromatic rings. The predicted molar refractivity (Wildman–Crippen MR) is 114 cm³/mol. The van der Waals surface area contributed by atoms with Gasteiger partial charge in [0.25, 0.3) is 0 Å². The van der Waals surface area contributed by atoms with Crippen molar-refractivity contribution < 1.29 is 9.47 Å². The van der Waals surface area contributed by atoms with E-state index in [0.717, 1.165) is 35.7 Å². The first kappa shape index (κ1) is 19.8. The third-order valence-electron chi connectivity index (χ3n) is 4.22. The minimum absolute atomic E-state index is 0.429. The van der Waals surface area contributed by atoms with Crippen LogP contribution in [0.2, 0.25) is 0 Å². The van der Waals surface area contributed by atoms with E-state index >= 15 is 0 Å². The Labute approximate surface area is 169 Å². The molecular weight excluding hydrogens is 372 g/mol. The molecular formula is C21H24N4O2S. The molecule has 28 heavy (non-hydrogen) atoms. The highest BCUT2D eigenvalue weighted by atomic mass is 32.1. The molecule has 6 nitrogen and oxygen atoms in total. The van der Waals surface area contributed by atoms with Gasteiger partial charge >= 0.3 is 0 Å². The number of aromatic amines is 1. The van der Waals surface area contributed by atoms with Crippen molar-refractivity contribution in [2.75, 3.05) is 13.7 Å². The first-order chi connectivity index (χ1) is 13.7. The number of nitrogens with one attached hydrogen (secondary N) is 1. The minimum atomic E-state index is 0.429. The summed E-state index contributed by atoms with van der Waals surface area (Å²) in [7, 11) is 1.64. The predicted octanol–water partition coefficient (Wildman–Crippen LogP) is 5.07. The number of rotatable bonds is 9. The molecule has 0 amide bonds. The van der Waals surface area contributed by atoms with Crippen molar-refractivity contribution >= 4 is 18.4 Å². The quantitative estimate of drug-likeness (QED) is 0.312. The third-order valence-corrected chi connectivity index (χ3v) is 4.48. The number of unbranched alkanes of at least 4 members (excludes halogenated alkanes) is 2. The van der Waals surface area contributed by atoms with Gasteiger partial charge in [-0.1, -0.05) is 19.8 Å². The highest BCUT2D eigenvalue weighted by Crippen LogP contribution is 2.21. The first-order valence-corrected chi connectivity index (χ1v) is 9.71. The van der Waals surface area contributed by atoms with Gasteiger partial charge in [-0.3, -0.25) is 0 Å². The van der Waals surface area contributed by atoms with E-state index in [4.69, 9.17) is 21.7 Å². The highest BCUT2D eigenvalue weighted by molar-refractivity contribution is 7.71. The Morgan fingerprint density at radius 1 is 1.07 bits per heavy atom. The number of nitrogens with zero attached hydrogens (tertiary/aromatic N) is 3. The summed E-state index contributed by atoms with van der Waals surface area (Å²) in [5, 5.41) is 11.6. The summed E-state index contributed by atoms with van der Waals surface area (Å²) in [6.07, 6.45) is 5.20. The van der Waals surface area contributed by atoms with Gasteiger partial charge in [-0.2, -0.15) is 14.9 Å². The number of methoxy groups -OCH3 is 1. The number of hydrogen-bond acceptors (Lipinski definition) is 5. The molecule has 3 rings (SSSR count). The average Bonchev–Trinajstić information content (AvgIpc) is 3.11. The molecule has 2 aromatic carbocycles. The smallest absolute Gasteiger partial charge is 0.216 e. The molecule has 0 saturated carbocycles. The summed E-state index contributed by atoms with van der Waals surface area (Å²) in [5.74, 6) is 2.29. The average molecular weight is 397 g/mol. The topological polar surface area (TPSA) is 64.4 Å². The van der Waals surface area contributed by atoms with E-state index in [1.165, 1.54) is 12.8 Å². The Morgan fingerprint density at radius 3 is 2.46 bits per heavy atom. The van der Waals surface area contributed by atoms with Gasteiger partial charge in [-0.15, -0.1) is 0 Å². The fraction of sp³-hybridized carbons (Fsp3) is 0.286. The second-order valence-corrected chi connectivity index (χ2v) is 6.65. The maximum Gasteiger partial charge on any atom is 0.216 e. The molecule has 0 fully saturated rings. The zero-order valence-electron chi connectivity index (χ0n) is 16.1. The van der Waals surface area contributed by atoms with Crippen molar-refractivity contribution in [3.8, 4) is 22.9 Å². The molecule has 0 saturated heterocycles. The molecule has 0 unspecified atom stereocenters. The van der Waals surface area contributed by atoms with Crippen molar-refractivity contribution in [2.24, 2.45) is 5.10 Å². The van der Waals surface area contributed by atoms with E-state index in [-0.39, 0.29) is 0 Å². The standard InChI is InChI=1S/C21H24N4O2S/c1-3-4-5-14-27-19-10-6-16(7-11-19)15-22-25-20(23-24-21(25)28)17-8-12-18(26-2)13-9-17/h6-13,15H,3-5,14H2,1-2H3,(H,24,28)/b22-15+. The number of ether oxygens (including phenoxy) is 2. The summed E-state index contributed by atoms with van der Waals surface area (Å²) in [4.78, 5) is 0. The summed E-state index contributed by atoms with van der Waals surface area (Å²) < 4.78 is 13.0. The Kier molecular flexibility index (Phi) is 6.97. The second-order valence-electron chi connectivity index (χ2n) is 6.26. The number of hydrogen-bond donors (Lipinski definition) is 1. The van der Waals surface area contributed by atoms with Crippen LogP contribution in [-0.2, 0) is 0 Å². The Bertz CT molecular complexity index is 959. The lowest BCUT2D eigenvalue weighted by atomic mass is 10.2. The van der Waals surface area contributed by atoms with Gasteiger partial charge in [-0.25, -0.2) is 5.10 Å². The van der Waals surface area contributed by atoms with E-state index in [0.29, 0.717) is 10.6 Å². The fourth-order valence-corrected chi connectivity index (χ4v) is 2.82. The Hall–Kier alpha value is -2.93. The SMILES string of the molecule is CCCCCOc1ccc(/C=N/n2c(-c3ccc(OC)cc3)n[nH]c2=S)cc1. The molecule has 0 aliphatic rings. The normalized spacial score (nSPS) is 11.1. The molecule has 146 valence electrons. The fourth-order valence-electron chi connectivity index (χ4n) is 2.64. The van der Waals surface area contributed by atoms with Crippen LogP contribution in [0, 0.1) is 4.77 Å². The van der Waals surface area contributed by atoms with Crippen LogP contribution < -0.4 is 9.47 Å². The highest BCUT2D eigenvalue weighted by Gasteiger charge is 2.08. The monoisotopic (exact) mass is 396 g/mol. The molecule has 0 bridgehead atoms. The van der Waals surface area contributed by atoms with Crippen LogP contribution in [0.1, 0.15) is 31.7 Å². The van der Waals surface area contributed by atoms with Crippen LogP contribution in [0.3, 0.4) is 0 Å². The molecule has 1 heterocycles. The van der Waals surface area contributed by atoms with Gasteiger partial charge in [0.1, 0.15) is 11.5 Å². The van der Waals surface area contributed by atoms with Crippen LogP contribution in [-0.4, -0.2) is 34.8 Å². The number of aromatic nitrogens is 3. The minimum Gasteiger partial charge on any atom is -0.497 e. The zero-order valence-corrected chi connectivity index (χ0v) is 16.9. The molecule has 1 N–H and O–H groups in total. The van der Waals surface area contributed by atoms with Gasteiger partial charge in [0, 0.05) is 5.56 Å². The van der Waals surface area contributed by atoms with Gasteiger partial charge in [0.15, 0.2) is 5.82 Å². The molecule has 0 atom stereocenters. The van der Waals surface area contributed by atoms with Gasteiger partial charge in [-0.05, 0) is 72.7 Å². The molecule has 7 heteroatoms. The third kappa shape index (κ3) is 5.07. The lowest BCUT2D eigenvalue weighted by molar-refractivity contribution is 0.306. The van der Waals surface area contributed by atoms with Gasteiger partial charge in [0.2, 0.25) is 4.77 Å². The van der Waals surface area contributed by atoms with Crippen molar-refractivity contribution in [1.29, 1.82) is 0 Å². The van der Waals surface area contributed by atoms with Crippen LogP contribution in [0.25, 0.3) is 11.4 Å². The summed E-state index contributed by atoms with van der Waals surface area (Å²) in [5.41, 5.74) is 1.84. The van der Waals surface area contributed by atoms with Crippen molar-refractivity contribution in [3.63, 3.8) is 0 Å². The number of H-pyrrole nitrogens is 1. The van der Waals surface area contributed by atoms with E-state index in [1.54, 1.807) is 18.0 Å². The lowest BCUT2D eigenvalue weighted by Gasteiger charge is -2.05. The van der Waals surface area contributed by atoms with Crippen LogP contribution in [0.15, 0.2) is 53.6 Å². The van der Waals surface area contributed by atoms with Crippen molar-refractivity contribution in [3.05, 3.63) is 58.9 Å². The van der Waals surface area contributed by atoms with E-state index in [2.05, 4.69) is 22.2 Å². The lowest BCUT2D eigenvalue weighted by Crippen LogP contribution is -1.97. The summed E-state index contributed by atoms with van der Waals surface area (Å²) >= 11 is 5.31. The van der Waals surface area contributed by atoms with Crippen LogP contribution in [0.4, 0.5) is 0 Å². The number of benzene rings is 2. The molecule has 0 aliphatic carbocycles. The van der Waals surface area contributed by atoms with E-state index in [9.17, 15) is 0 Å². The molecule has 0 radical (unpaired) electrons. The van der Waals surface area contributed by atoms with E-state index in [1.807, 2.05) is 48.5 Å². The van der Waals surface area contributed by atoms with Crippen LogP contribution in [0.5, 0.6) is 11.5 Å². The van der Waals surface area contributed by atoms with Crippen molar-refractivity contribution in [2.45, 2.75) is 26.2 Å². The van der Waals surface area contributed by atoms with Gasteiger partial charge in [0.05, 0.1) is 19.9 Å². The maximum atomic E-state index is 5.74. The second kappa shape index (κ2) is 9.85. The largest absolute Gasteiger partial charge is 0.497 e. The summed E-state index contributed by atoms with van der Waals surface area (Å²) in [6.45, 7) is 2.93. The molecule has 0 spiro atoms.